The van der Waals surface area contributed by atoms with Gasteiger partial charge in [-0.15, -0.1) is 0 Å². The van der Waals surface area contributed by atoms with Crippen molar-refractivity contribution in [2.24, 2.45) is 5.41 Å². The number of carbonyl (C=O) groups is 2. The second-order valence-corrected chi connectivity index (χ2v) is 9.35. The quantitative estimate of drug-likeness (QED) is 0.756. The number of amides is 1. The molecule has 4 aliphatic rings. The van der Waals surface area contributed by atoms with Crippen LogP contribution in [-0.2, 0) is 9.53 Å². The van der Waals surface area contributed by atoms with E-state index in [0.717, 1.165) is 71.1 Å². The fourth-order valence-electron chi connectivity index (χ4n) is 6.20. The molecule has 1 saturated carbocycles. The Morgan fingerprint density at radius 1 is 1.04 bits per heavy atom. The third-order valence-corrected chi connectivity index (χ3v) is 7.82. The molecule has 1 aliphatic carbocycles. The lowest BCUT2D eigenvalue weighted by molar-refractivity contribution is -0.154. The zero-order valence-corrected chi connectivity index (χ0v) is 16.7. The summed E-state index contributed by atoms with van der Waals surface area (Å²) in [5.41, 5.74) is -0.204. The summed E-state index contributed by atoms with van der Waals surface area (Å²) in [7, 11) is 1.49. The molecule has 4 rings (SSSR count). The zero-order chi connectivity index (χ0) is 19.2. The van der Waals surface area contributed by atoms with E-state index in [9.17, 15) is 14.7 Å². The minimum atomic E-state index is -0.768. The van der Waals surface area contributed by atoms with Gasteiger partial charge in [0.2, 0.25) is 0 Å². The van der Waals surface area contributed by atoms with Gasteiger partial charge in [-0.05, 0) is 76.9 Å². The Morgan fingerprint density at radius 3 is 2.33 bits per heavy atom. The minimum Gasteiger partial charge on any atom is -0.468 e. The lowest BCUT2D eigenvalue weighted by Crippen LogP contribution is -2.59. The molecule has 3 saturated heterocycles. The molecule has 0 bridgehead atoms. The fourth-order valence-corrected chi connectivity index (χ4v) is 6.20. The molecular formula is C20H33N3O4. The van der Waals surface area contributed by atoms with E-state index in [1.165, 1.54) is 7.11 Å². The number of carbonyl (C=O) groups excluding carboxylic acids is 1. The lowest BCUT2D eigenvalue weighted by Gasteiger charge is -2.52. The standard InChI is InChI=1S/C20H33N3O4/c1-19(17(24)27-2)6-3-8-23(19)15-4-9-21(10-5-15)16-12-20(13-16)7-11-22(14-20)18(25)26/h15-16H,3-14H2,1-2H3,(H,25,26)/t16?,19-,20?/m1/s1. The fraction of sp³-hybridized carbons (Fsp3) is 0.900. The van der Waals surface area contributed by atoms with E-state index >= 15 is 0 Å². The molecule has 3 heterocycles. The third kappa shape index (κ3) is 3.23. The average Bonchev–Trinajstić information content (AvgIpc) is 3.25. The predicted octanol–water partition coefficient (Wildman–Crippen LogP) is 2.01. The number of nitrogens with zero attached hydrogens (tertiary/aromatic N) is 3. The Bertz CT molecular complexity index is 598. The highest BCUT2D eigenvalue weighted by molar-refractivity contribution is 5.80. The summed E-state index contributed by atoms with van der Waals surface area (Å²) >= 11 is 0. The summed E-state index contributed by atoms with van der Waals surface area (Å²) in [6, 6.07) is 1.08. The van der Waals surface area contributed by atoms with Crippen LogP contribution in [0.15, 0.2) is 0 Å². The van der Waals surface area contributed by atoms with E-state index in [0.29, 0.717) is 18.6 Å². The maximum atomic E-state index is 12.3. The SMILES string of the molecule is COC(=O)[C@@]1(C)CCCN1C1CCN(C2CC3(CCN(C(=O)O)C3)C2)CC1. The molecule has 152 valence electrons. The van der Waals surface area contributed by atoms with E-state index in [1.807, 2.05) is 6.92 Å². The molecule has 0 aromatic heterocycles. The van der Waals surface area contributed by atoms with E-state index in [2.05, 4.69) is 9.80 Å². The Hall–Kier alpha value is -1.34. The maximum absolute atomic E-state index is 12.3. The van der Waals surface area contributed by atoms with Crippen LogP contribution >= 0.6 is 0 Å². The van der Waals surface area contributed by atoms with Gasteiger partial charge in [-0.3, -0.25) is 9.69 Å². The van der Waals surface area contributed by atoms with Crippen molar-refractivity contribution in [3.63, 3.8) is 0 Å². The summed E-state index contributed by atoms with van der Waals surface area (Å²) in [4.78, 5) is 30.1. The smallest absolute Gasteiger partial charge is 0.407 e. The molecule has 1 amide bonds. The largest absolute Gasteiger partial charge is 0.468 e. The summed E-state index contributed by atoms with van der Waals surface area (Å²) in [5.74, 6) is -0.0902. The van der Waals surface area contributed by atoms with Crippen LogP contribution in [-0.4, -0.2) is 89.3 Å². The van der Waals surface area contributed by atoms with Crippen LogP contribution in [0.4, 0.5) is 4.79 Å². The van der Waals surface area contributed by atoms with Crippen LogP contribution < -0.4 is 0 Å². The average molecular weight is 380 g/mol. The van der Waals surface area contributed by atoms with Gasteiger partial charge >= 0.3 is 12.1 Å². The number of hydrogen-bond donors (Lipinski definition) is 1. The summed E-state index contributed by atoms with van der Waals surface area (Å²) in [6.45, 7) is 6.63. The van der Waals surface area contributed by atoms with Crippen molar-refractivity contribution in [3.05, 3.63) is 0 Å². The molecule has 0 radical (unpaired) electrons. The van der Waals surface area contributed by atoms with Crippen molar-refractivity contribution < 1.29 is 19.4 Å². The van der Waals surface area contributed by atoms with Gasteiger partial charge in [0.15, 0.2) is 0 Å². The Morgan fingerprint density at radius 2 is 1.74 bits per heavy atom. The number of piperidine rings is 1. The monoisotopic (exact) mass is 379 g/mol. The number of methoxy groups -OCH3 is 1. The Balaban J connectivity index is 1.28. The summed E-state index contributed by atoms with van der Waals surface area (Å²) < 4.78 is 5.09. The van der Waals surface area contributed by atoms with Gasteiger partial charge in [0.25, 0.3) is 0 Å². The molecule has 0 unspecified atom stereocenters. The highest BCUT2D eigenvalue weighted by Gasteiger charge is 2.52. The second kappa shape index (κ2) is 6.92. The van der Waals surface area contributed by atoms with Gasteiger partial charge in [-0.2, -0.15) is 0 Å². The van der Waals surface area contributed by atoms with Crippen LogP contribution in [0, 0.1) is 5.41 Å². The van der Waals surface area contributed by atoms with Crippen molar-refractivity contribution in [1.29, 1.82) is 0 Å². The van der Waals surface area contributed by atoms with E-state index in [-0.39, 0.29) is 11.4 Å². The maximum Gasteiger partial charge on any atom is 0.407 e. The molecule has 4 fully saturated rings. The zero-order valence-electron chi connectivity index (χ0n) is 16.7. The number of carboxylic acid groups (broad SMARTS) is 1. The number of ether oxygens (including phenoxy) is 1. The Labute approximate surface area is 161 Å². The van der Waals surface area contributed by atoms with Gasteiger partial charge in [-0.25, -0.2) is 4.79 Å². The van der Waals surface area contributed by atoms with E-state index in [4.69, 9.17) is 4.74 Å². The van der Waals surface area contributed by atoms with Gasteiger partial charge < -0.3 is 19.6 Å². The van der Waals surface area contributed by atoms with Gasteiger partial charge in [-0.1, -0.05) is 0 Å². The summed E-state index contributed by atoms with van der Waals surface area (Å²) in [5, 5.41) is 9.19. The first-order valence-corrected chi connectivity index (χ1v) is 10.4. The van der Waals surface area contributed by atoms with Crippen molar-refractivity contribution in [3.8, 4) is 0 Å². The van der Waals surface area contributed by atoms with Crippen LogP contribution in [0.25, 0.3) is 0 Å². The molecule has 1 N–H and O–H groups in total. The first-order valence-electron chi connectivity index (χ1n) is 10.4. The highest BCUT2D eigenvalue weighted by atomic mass is 16.5. The van der Waals surface area contributed by atoms with E-state index < -0.39 is 11.6 Å². The predicted molar refractivity (Wildman–Crippen MR) is 101 cm³/mol. The molecule has 0 aromatic carbocycles. The van der Waals surface area contributed by atoms with Gasteiger partial charge in [0, 0.05) is 25.2 Å². The van der Waals surface area contributed by atoms with Crippen molar-refractivity contribution in [2.75, 3.05) is 39.8 Å². The first kappa shape index (κ1) is 19.0. The van der Waals surface area contributed by atoms with Crippen LogP contribution in [0.2, 0.25) is 0 Å². The number of rotatable bonds is 3. The molecule has 7 nitrogen and oxygen atoms in total. The molecule has 1 spiro atoms. The molecular weight excluding hydrogens is 346 g/mol. The lowest BCUT2D eigenvalue weighted by atomic mass is 9.64. The van der Waals surface area contributed by atoms with Crippen LogP contribution in [0.3, 0.4) is 0 Å². The highest BCUT2D eigenvalue weighted by Crippen LogP contribution is 2.50. The normalized spacial score (nSPS) is 38.3. The van der Waals surface area contributed by atoms with Crippen molar-refractivity contribution >= 4 is 12.1 Å². The van der Waals surface area contributed by atoms with E-state index in [1.54, 1.807) is 4.90 Å². The van der Waals surface area contributed by atoms with Gasteiger partial charge in [0.1, 0.15) is 5.54 Å². The molecule has 3 aliphatic heterocycles. The third-order valence-electron chi connectivity index (χ3n) is 7.82. The Kier molecular flexibility index (Phi) is 4.87. The molecule has 7 heteroatoms. The second-order valence-electron chi connectivity index (χ2n) is 9.35. The van der Waals surface area contributed by atoms with Crippen LogP contribution in [0.5, 0.6) is 0 Å². The van der Waals surface area contributed by atoms with Crippen LogP contribution in [0.1, 0.15) is 51.9 Å². The van der Waals surface area contributed by atoms with Crippen molar-refractivity contribution in [2.45, 2.75) is 69.5 Å². The summed E-state index contributed by atoms with van der Waals surface area (Å²) in [6.07, 6.45) is 6.72. The molecule has 1 atom stereocenters. The number of likely N-dealkylation sites (tertiary alicyclic amines) is 3. The van der Waals surface area contributed by atoms with Crippen molar-refractivity contribution in [1.82, 2.24) is 14.7 Å². The number of hydrogen-bond acceptors (Lipinski definition) is 5. The molecule has 27 heavy (non-hydrogen) atoms. The van der Waals surface area contributed by atoms with Gasteiger partial charge in [0.05, 0.1) is 7.11 Å². The molecule has 0 aromatic rings. The first-order chi connectivity index (χ1) is 12.9. The minimum absolute atomic E-state index is 0.0902. The number of esters is 1. The topological polar surface area (TPSA) is 73.3 Å².